The first-order valence-electron chi connectivity index (χ1n) is 15.2. The van der Waals surface area contributed by atoms with Gasteiger partial charge in [0.25, 0.3) is 0 Å². The van der Waals surface area contributed by atoms with E-state index in [9.17, 15) is 28.3 Å². The highest BCUT2D eigenvalue weighted by atomic mass is 32.2. The topological polar surface area (TPSA) is 163 Å². The molecule has 0 aliphatic carbocycles. The molecule has 0 bridgehead atoms. The smallest absolute Gasteiger partial charge is 0.345 e. The normalized spacial score (nSPS) is 18.6. The Morgan fingerprint density at radius 3 is 2.54 bits per heavy atom. The van der Waals surface area contributed by atoms with Crippen molar-refractivity contribution in [2.45, 2.75) is 61.7 Å². The monoisotopic (exact) mass is 714 g/mol. The number of carboxylic acids is 1. The van der Waals surface area contributed by atoms with E-state index in [-0.39, 0.29) is 36.1 Å². The van der Waals surface area contributed by atoms with E-state index in [4.69, 9.17) is 24.2 Å². The third kappa shape index (κ3) is 10.3. The van der Waals surface area contributed by atoms with E-state index < -0.39 is 71.4 Å². The van der Waals surface area contributed by atoms with Gasteiger partial charge in [0.1, 0.15) is 30.1 Å². The Kier molecular flexibility index (Phi) is 13.3. The summed E-state index contributed by atoms with van der Waals surface area (Å²) in [7, 11) is 0. The van der Waals surface area contributed by atoms with Crippen molar-refractivity contribution in [1.29, 1.82) is 5.26 Å². The Hall–Kier alpha value is -4.98. The molecule has 2 heterocycles. The standard InChI is InChI=1S/C34H33F3N4O8S/c1-21(50-26-16-46-32(47-17-26)6-4-3-5-24-8-7-23(15-38)13-28(24)36)34(18-41-20-39-19-40-41,27-10-9-25(35)14-29(27)37)49-31(43)12-11-30(33(44)45)48-22(2)42/h3-10,13-14,19-21,26,30,32H,11-12,16-18H2,1-2H3,(H,44,45)/b5-3+,6-4+/t21-,26-,30?,32-,34-/m1/s1. The summed E-state index contributed by atoms with van der Waals surface area (Å²) >= 11 is 1.25. The Morgan fingerprint density at radius 2 is 1.92 bits per heavy atom. The molecule has 12 nitrogen and oxygen atoms in total. The third-order valence-electron chi connectivity index (χ3n) is 7.47. The summed E-state index contributed by atoms with van der Waals surface area (Å²) in [6.07, 6.45) is 5.63. The Balaban J connectivity index is 1.50. The maximum atomic E-state index is 15.6. The lowest BCUT2D eigenvalue weighted by molar-refractivity contribution is -0.168. The van der Waals surface area contributed by atoms with E-state index in [2.05, 4.69) is 10.1 Å². The largest absolute Gasteiger partial charge is 0.479 e. The summed E-state index contributed by atoms with van der Waals surface area (Å²) in [6.45, 7) is 2.78. The number of carbonyl (C=O) groups excluding carboxylic acids is 2. The van der Waals surface area contributed by atoms with Crippen LogP contribution < -0.4 is 0 Å². The summed E-state index contributed by atoms with van der Waals surface area (Å²) in [5.41, 5.74) is -1.50. The van der Waals surface area contributed by atoms with E-state index in [1.54, 1.807) is 25.2 Å². The molecule has 3 aromatic rings. The fourth-order valence-electron chi connectivity index (χ4n) is 5.06. The van der Waals surface area contributed by atoms with E-state index in [0.29, 0.717) is 11.6 Å². The lowest BCUT2D eigenvalue weighted by atomic mass is 9.89. The minimum absolute atomic E-state index is 0.165. The van der Waals surface area contributed by atoms with E-state index in [1.807, 2.05) is 6.07 Å². The number of thioether (sulfide) groups is 1. The first-order chi connectivity index (χ1) is 23.9. The molecular formula is C34H33F3N4O8S. The zero-order valence-corrected chi connectivity index (χ0v) is 27.7. The highest BCUT2D eigenvalue weighted by Crippen LogP contribution is 2.42. The van der Waals surface area contributed by atoms with Crippen LogP contribution in [0.2, 0.25) is 0 Å². The molecule has 1 aliphatic rings. The third-order valence-corrected chi connectivity index (χ3v) is 8.92. The van der Waals surface area contributed by atoms with Crippen LogP contribution in [0.3, 0.4) is 0 Å². The van der Waals surface area contributed by atoms with Crippen LogP contribution in [0.25, 0.3) is 6.08 Å². The first kappa shape index (κ1) is 37.8. The number of ether oxygens (including phenoxy) is 4. The Bertz CT molecular complexity index is 1760. The zero-order chi connectivity index (χ0) is 36.3. The Morgan fingerprint density at radius 1 is 1.16 bits per heavy atom. The number of hydrogen-bond donors (Lipinski definition) is 1. The van der Waals surface area contributed by atoms with Gasteiger partial charge in [-0.05, 0) is 37.3 Å². The van der Waals surface area contributed by atoms with Gasteiger partial charge >= 0.3 is 17.9 Å². The summed E-state index contributed by atoms with van der Waals surface area (Å²) in [5.74, 6) is -5.64. The van der Waals surface area contributed by atoms with Crippen molar-refractivity contribution in [2.24, 2.45) is 0 Å². The van der Waals surface area contributed by atoms with Crippen LogP contribution in [0, 0.1) is 28.8 Å². The second-order valence-corrected chi connectivity index (χ2v) is 12.7. The van der Waals surface area contributed by atoms with E-state index in [1.165, 1.54) is 47.3 Å². The number of hydrogen-bond acceptors (Lipinski definition) is 11. The predicted molar refractivity (Wildman–Crippen MR) is 172 cm³/mol. The van der Waals surface area contributed by atoms with Gasteiger partial charge in [-0.25, -0.2) is 27.6 Å². The maximum absolute atomic E-state index is 15.6. The molecular weight excluding hydrogens is 681 g/mol. The molecule has 0 amide bonds. The van der Waals surface area contributed by atoms with E-state index >= 15 is 4.39 Å². The summed E-state index contributed by atoms with van der Waals surface area (Å²) in [5, 5.41) is 21.3. The number of aromatic nitrogens is 3. The number of nitrogens with zero attached hydrogens (tertiary/aromatic N) is 4. The molecule has 1 unspecified atom stereocenters. The molecule has 0 radical (unpaired) electrons. The number of esters is 2. The van der Waals surface area contributed by atoms with Crippen LogP contribution in [-0.4, -0.2) is 73.9 Å². The first-order valence-corrected chi connectivity index (χ1v) is 16.2. The molecule has 50 heavy (non-hydrogen) atoms. The molecule has 0 spiro atoms. The van der Waals surface area contributed by atoms with Gasteiger partial charge in [0, 0.05) is 42.2 Å². The lowest BCUT2D eigenvalue weighted by Gasteiger charge is -2.40. The highest BCUT2D eigenvalue weighted by Gasteiger charge is 2.46. The molecule has 2 aromatic carbocycles. The number of halogens is 3. The fourth-order valence-corrected chi connectivity index (χ4v) is 6.42. The van der Waals surface area contributed by atoms with Crippen LogP contribution in [0.4, 0.5) is 13.2 Å². The molecule has 16 heteroatoms. The number of carbonyl (C=O) groups is 3. The molecule has 1 aliphatic heterocycles. The second kappa shape index (κ2) is 17.6. The number of allylic oxidation sites excluding steroid dienone is 2. The molecule has 1 fully saturated rings. The van der Waals surface area contributed by atoms with Gasteiger partial charge < -0.3 is 24.1 Å². The number of carboxylic acid groups (broad SMARTS) is 1. The van der Waals surface area contributed by atoms with Crippen LogP contribution in [0.1, 0.15) is 43.4 Å². The van der Waals surface area contributed by atoms with Crippen molar-refractivity contribution >= 4 is 35.7 Å². The molecule has 3 atom stereocenters. The van der Waals surface area contributed by atoms with Gasteiger partial charge in [0.05, 0.1) is 36.6 Å². The highest BCUT2D eigenvalue weighted by molar-refractivity contribution is 8.00. The van der Waals surface area contributed by atoms with Crippen molar-refractivity contribution in [3.8, 4) is 6.07 Å². The number of nitriles is 1. The molecule has 1 aromatic heterocycles. The predicted octanol–water partition coefficient (Wildman–Crippen LogP) is 4.94. The maximum Gasteiger partial charge on any atom is 0.345 e. The molecule has 1 saturated heterocycles. The summed E-state index contributed by atoms with van der Waals surface area (Å²) < 4.78 is 67.5. The minimum Gasteiger partial charge on any atom is -0.479 e. The summed E-state index contributed by atoms with van der Waals surface area (Å²) in [6, 6.07) is 8.85. The van der Waals surface area contributed by atoms with Crippen LogP contribution in [0.5, 0.6) is 0 Å². The van der Waals surface area contributed by atoms with Gasteiger partial charge in [0.15, 0.2) is 18.0 Å². The van der Waals surface area contributed by atoms with Gasteiger partial charge in [-0.2, -0.15) is 10.4 Å². The van der Waals surface area contributed by atoms with Crippen molar-refractivity contribution in [2.75, 3.05) is 13.2 Å². The van der Waals surface area contributed by atoms with Crippen molar-refractivity contribution in [3.05, 3.63) is 101 Å². The number of benzene rings is 2. The van der Waals surface area contributed by atoms with Gasteiger partial charge in [0.2, 0.25) is 0 Å². The Labute approximate surface area is 289 Å². The van der Waals surface area contributed by atoms with Gasteiger partial charge in [-0.15, -0.1) is 11.8 Å². The van der Waals surface area contributed by atoms with Gasteiger partial charge in [-0.1, -0.05) is 24.3 Å². The van der Waals surface area contributed by atoms with Crippen molar-refractivity contribution in [1.82, 2.24) is 14.8 Å². The number of rotatable bonds is 15. The van der Waals surface area contributed by atoms with E-state index in [0.717, 1.165) is 25.1 Å². The molecule has 264 valence electrons. The van der Waals surface area contributed by atoms with Crippen molar-refractivity contribution in [3.63, 3.8) is 0 Å². The molecule has 1 N–H and O–H groups in total. The average Bonchev–Trinajstić information content (AvgIpc) is 3.58. The minimum atomic E-state index is -1.84. The number of aliphatic carboxylic acids is 1. The average molecular weight is 715 g/mol. The van der Waals surface area contributed by atoms with Crippen LogP contribution in [-0.2, 0) is 45.5 Å². The molecule has 4 rings (SSSR count). The summed E-state index contributed by atoms with van der Waals surface area (Å²) in [4.78, 5) is 40.2. The SMILES string of the molecule is CC(=O)OC(CCC(=O)O[C@@](Cn1cncn1)(c1ccc(F)cc1F)[C@@H](C)S[C@H]1CO[C@H](/C=C/C=C/c2ccc(C#N)cc2F)OC1)C(=O)O. The van der Waals surface area contributed by atoms with Crippen LogP contribution >= 0.6 is 11.8 Å². The van der Waals surface area contributed by atoms with Crippen molar-refractivity contribution < 1.29 is 51.6 Å². The van der Waals surface area contributed by atoms with Gasteiger partial charge in [-0.3, -0.25) is 9.59 Å². The second-order valence-electron chi connectivity index (χ2n) is 11.1. The zero-order valence-electron chi connectivity index (χ0n) is 26.9. The quantitative estimate of drug-likeness (QED) is 0.167. The fraction of sp³-hybridized carbons (Fsp3) is 0.353. The molecule has 0 saturated carbocycles. The van der Waals surface area contributed by atoms with Crippen LogP contribution in [0.15, 0.2) is 67.3 Å². The lowest BCUT2D eigenvalue weighted by Crippen LogP contribution is -2.47.